The molecule has 0 unspecified atom stereocenters. The van der Waals surface area contributed by atoms with Gasteiger partial charge in [0, 0.05) is 5.69 Å². The van der Waals surface area contributed by atoms with E-state index in [0.29, 0.717) is 18.0 Å². The van der Waals surface area contributed by atoms with Crippen LogP contribution in [-0.4, -0.2) is 11.6 Å². The molecule has 0 aliphatic heterocycles. The smallest absolute Gasteiger partial charge is 0.119 e. The molecule has 1 aromatic carbocycles. The summed E-state index contributed by atoms with van der Waals surface area (Å²) in [6.07, 6.45) is 0. The SMILES string of the molecule is CCOc1ccc(-c2cc(C#N)c(N)[nH]2)cc1. The van der Waals surface area contributed by atoms with Gasteiger partial charge in [-0.1, -0.05) is 0 Å². The molecule has 0 fully saturated rings. The highest BCUT2D eigenvalue weighted by molar-refractivity contribution is 5.67. The van der Waals surface area contributed by atoms with Gasteiger partial charge in [0.2, 0.25) is 0 Å². The van der Waals surface area contributed by atoms with Crippen LogP contribution in [0.2, 0.25) is 0 Å². The van der Waals surface area contributed by atoms with Gasteiger partial charge in [0.1, 0.15) is 17.6 Å². The Morgan fingerprint density at radius 1 is 1.35 bits per heavy atom. The fraction of sp³-hybridized carbons (Fsp3) is 0.154. The predicted octanol–water partition coefficient (Wildman–Crippen LogP) is 2.53. The summed E-state index contributed by atoms with van der Waals surface area (Å²) in [6.45, 7) is 2.59. The Morgan fingerprint density at radius 3 is 2.59 bits per heavy atom. The second-order valence-corrected chi connectivity index (χ2v) is 3.58. The Kier molecular flexibility index (Phi) is 3.01. The van der Waals surface area contributed by atoms with Crippen molar-refractivity contribution in [2.45, 2.75) is 6.92 Å². The van der Waals surface area contributed by atoms with E-state index in [1.165, 1.54) is 0 Å². The normalized spacial score (nSPS) is 9.88. The Labute approximate surface area is 99.6 Å². The lowest BCUT2D eigenvalue weighted by Gasteiger charge is -2.03. The van der Waals surface area contributed by atoms with Gasteiger partial charge in [0.05, 0.1) is 12.2 Å². The quantitative estimate of drug-likeness (QED) is 0.846. The molecular weight excluding hydrogens is 214 g/mol. The van der Waals surface area contributed by atoms with Crippen molar-refractivity contribution < 1.29 is 4.74 Å². The van der Waals surface area contributed by atoms with E-state index < -0.39 is 0 Å². The van der Waals surface area contributed by atoms with E-state index >= 15 is 0 Å². The maximum atomic E-state index is 8.82. The van der Waals surface area contributed by atoms with Gasteiger partial charge >= 0.3 is 0 Å². The first-order chi connectivity index (χ1) is 8.24. The van der Waals surface area contributed by atoms with Crippen molar-refractivity contribution in [2.75, 3.05) is 12.3 Å². The number of nitriles is 1. The standard InChI is InChI=1S/C13H13N3O/c1-2-17-11-5-3-9(4-6-11)12-7-10(8-14)13(15)16-12/h3-7,16H,2,15H2,1H3. The van der Waals surface area contributed by atoms with Crippen LogP contribution in [0, 0.1) is 11.3 Å². The van der Waals surface area contributed by atoms with E-state index in [1.54, 1.807) is 6.07 Å². The van der Waals surface area contributed by atoms with Crippen LogP contribution in [0.3, 0.4) is 0 Å². The van der Waals surface area contributed by atoms with Crippen molar-refractivity contribution in [1.82, 2.24) is 4.98 Å². The first-order valence-electron chi connectivity index (χ1n) is 5.36. The van der Waals surface area contributed by atoms with Crippen molar-refractivity contribution in [2.24, 2.45) is 0 Å². The van der Waals surface area contributed by atoms with Gasteiger partial charge in [-0.25, -0.2) is 0 Å². The lowest BCUT2D eigenvalue weighted by atomic mass is 10.1. The highest BCUT2D eigenvalue weighted by Gasteiger charge is 2.06. The molecule has 1 aromatic heterocycles. The van der Waals surface area contributed by atoms with Crippen molar-refractivity contribution in [3.63, 3.8) is 0 Å². The number of nitrogens with zero attached hydrogens (tertiary/aromatic N) is 1. The molecule has 0 saturated carbocycles. The molecule has 0 aliphatic rings. The van der Waals surface area contributed by atoms with Crippen LogP contribution in [0.1, 0.15) is 12.5 Å². The topological polar surface area (TPSA) is 74.8 Å². The first-order valence-corrected chi connectivity index (χ1v) is 5.36. The van der Waals surface area contributed by atoms with E-state index in [0.717, 1.165) is 17.0 Å². The number of anilines is 1. The summed E-state index contributed by atoms with van der Waals surface area (Å²) in [5.41, 5.74) is 7.94. The Bertz CT molecular complexity index is 549. The largest absolute Gasteiger partial charge is 0.494 e. The van der Waals surface area contributed by atoms with Crippen LogP contribution in [-0.2, 0) is 0 Å². The predicted molar refractivity (Wildman–Crippen MR) is 66.5 cm³/mol. The molecule has 17 heavy (non-hydrogen) atoms. The Morgan fingerprint density at radius 2 is 2.06 bits per heavy atom. The van der Waals surface area contributed by atoms with Crippen LogP contribution < -0.4 is 10.5 Å². The lowest BCUT2D eigenvalue weighted by molar-refractivity contribution is 0.340. The molecule has 0 radical (unpaired) electrons. The monoisotopic (exact) mass is 227 g/mol. The minimum atomic E-state index is 0.399. The van der Waals surface area contributed by atoms with E-state index in [4.69, 9.17) is 15.7 Å². The molecule has 4 nitrogen and oxygen atoms in total. The van der Waals surface area contributed by atoms with Crippen molar-refractivity contribution in [3.8, 4) is 23.1 Å². The summed E-state index contributed by atoms with van der Waals surface area (Å²) in [6, 6.07) is 11.4. The van der Waals surface area contributed by atoms with Crippen LogP contribution >= 0.6 is 0 Å². The first kappa shape index (κ1) is 11.1. The third-order valence-corrected chi connectivity index (χ3v) is 2.44. The molecular formula is C13H13N3O. The average Bonchev–Trinajstić information content (AvgIpc) is 2.72. The Hall–Kier alpha value is -2.41. The summed E-state index contributed by atoms with van der Waals surface area (Å²) < 4.78 is 5.36. The summed E-state index contributed by atoms with van der Waals surface area (Å²) in [4.78, 5) is 2.98. The average molecular weight is 227 g/mol. The molecule has 2 rings (SSSR count). The number of aromatic nitrogens is 1. The number of nitrogen functional groups attached to an aromatic ring is 1. The number of rotatable bonds is 3. The molecule has 86 valence electrons. The lowest BCUT2D eigenvalue weighted by Crippen LogP contribution is -1.90. The van der Waals surface area contributed by atoms with Crippen molar-refractivity contribution in [3.05, 3.63) is 35.9 Å². The number of ether oxygens (including phenoxy) is 1. The molecule has 0 aliphatic carbocycles. The maximum Gasteiger partial charge on any atom is 0.119 e. The molecule has 0 amide bonds. The van der Waals surface area contributed by atoms with Crippen LogP contribution in [0.5, 0.6) is 5.75 Å². The fourth-order valence-electron chi connectivity index (χ4n) is 1.62. The van der Waals surface area contributed by atoms with Gasteiger partial charge in [-0.15, -0.1) is 0 Å². The van der Waals surface area contributed by atoms with Gasteiger partial charge in [0.15, 0.2) is 0 Å². The second kappa shape index (κ2) is 4.62. The van der Waals surface area contributed by atoms with Crippen molar-refractivity contribution >= 4 is 5.82 Å². The second-order valence-electron chi connectivity index (χ2n) is 3.58. The maximum absolute atomic E-state index is 8.82. The zero-order valence-electron chi connectivity index (χ0n) is 9.53. The molecule has 0 bridgehead atoms. The van der Waals surface area contributed by atoms with Crippen molar-refractivity contribution in [1.29, 1.82) is 5.26 Å². The number of aromatic amines is 1. The summed E-state index contributed by atoms with van der Waals surface area (Å²) >= 11 is 0. The van der Waals surface area contributed by atoms with Gasteiger partial charge in [-0.2, -0.15) is 5.26 Å². The molecule has 3 N–H and O–H groups in total. The van der Waals surface area contributed by atoms with Gasteiger partial charge in [0.25, 0.3) is 0 Å². The highest BCUT2D eigenvalue weighted by atomic mass is 16.5. The van der Waals surface area contributed by atoms with Gasteiger partial charge in [-0.05, 0) is 42.8 Å². The van der Waals surface area contributed by atoms with E-state index in [9.17, 15) is 0 Å². The number of nitrogens with two attached hydrogens (primary N) is 1. The number of benzene rings is 1. The zero-order valence-corrected chi connectivity index (χ0v) is 9.53. The number of H-pyrrole nitrogens is 1. The summed E-state index contributed by atoms with van der Waals surface area (Å²) in [7, 11) is 0. The molecule has 2 aromatic rings. The number of nitrogens with one attached hydrogen (secondary N) is 1. The van der Waals surface area contributed by atoms with Crippen LogP contribution in [0.15, 0.2) is 30.3 Å². The van der Waals surface area contributed by atoms with E-state index in [1.807, 2.05) is 37.3 Å². The molecule has 4 heteroatoms. The number of hydrogen-bond donors (Lipinski definition) is 2. The minimum Gasteiger partial charge on any atom is -0.494 e. The molecule has 0 atom stereocenters. The fourth-order valence-corrected chi connectivity index (χ4v) is 1.62. The molecule has 0 spiro atoms. The van der Waals surface area contributed by atoms with E-state index in [-0.39, 0.29) is 0 Å². The third-order valence-electron chi connectivity index (χ3n) is 2.44. The number of hydrogen-bond acceptors (Lipinski definition) is 3. The van der Waals surface area contributed by atoms with Crippen LogP contribution in [0.4, 0.5) is 5.82 Å². The summed E-state index contributed by atoms with van der Waals surface area (Å²) in [5.74, 6) is 1.23. The molecule has 1 heterocycles. The van der Waals surface area contributed by atoms with E-state index in [2.05, 4.69) is 4.98 Å². The van der Waals surface area contributed by atoms with Gasteiger partial charge < -0.3 is 15.5 Å². The zero-order chi connectivity index (χ0) is 12.3. The van der Waals surface area contributed by atoms with Gasteiger partial charge in [-0.3, -0.25) is 0 Å². The third kappa shape index (κ3) is 2.23. The van der Waals surface area contributed by atoms with Crippen LogP contribution in [0.25, 0.3) is 11.3 Å². The minimum absolute atomic E-state index is 0.399. The molecule has 0 saturated heterocycles. The highest BCUT2D eigenvalue weighted by Crippen LogP contribution is 2.24. The Balaban J connectivity index is 2.30. The summed E-state index contributed by atoms with van der Waals surface area (Å²) in [5, 5.41) is 8.82.